The van der Waals surface area contributed by atoms with E-state index in [-0.39, 0.29) is 0 Å². The van der Waals surface area contributed by atoms with Gasteiger partial charge in [-0.15, -0.1) is 0 Å². The molecular formula is C16H26N2. The van der Waals surface area contributed by atoms with Gasteiger partial charge in [0.1, 0.15) is 0 Å². The van der Waals surface area contributed by atoms with E-state index in [0.717, 1.165) is 19.0 Å². The highest BCUT2D eigenvalue weighted by Crippen LogP contribution is 2.33. The lowest BCUT2D eigenvalue weighted by atomic mass is 9.89. The minimum Gasteiger partial charge on any atom is -0.317 e. The average Bonchev–Trinajstić information content (AvgIpc) is 2.59. The van der Waals surface area contributed by atoms with Gasteiger partial charge in [0.2, 0.25) is 0 Å². The zero-order valence-electron chi connectivity index (χ0n) is 11.7. The highest BCUT2D eigenvalue weighted by atomic mass is 15.1. The van der Waals surface area contributed by atoms with Crippen LogP contribution in [0.4, 0.5) is 0 Å². The molecule has 2 rings (SSSR count). The molecule has 18 heavy (non-hydrogen) atoms. The summed E-state index contributed by atoms with van der Waals surface area (Å²) in [5, 5.41) is 3.54. The van der Waals surface area contributed by atoms with Crippen LogP contribution in [0.1, 0.15) is 37.8 Å². The third kappa shape index (κ3) is 3.33. The molecule has 1 saturated heterocycles. The molecule has 2 heteroatoms. The molecule has 1 aliphatic rings. The monoisotopic (exact) mass is 246 g/mol. The molecule has 0 bridgehead atoms. The zero-order valence-corrected chi connectivity index (χ0v) is 11.7. The van der Waals surface area contributed by atoms with E-state index in [1.54, 1.807) is 0 Å². The minimum atomic E-state index is 0.577. The Morgan fingerprint density at radius 2 is 2.00 bits per heavy atom. The van der Waals surface area contributed by atoms with E-state index >= 15 is 0 Å². The first-order chi connectivity index (χ1) is 8.83. The van der Waals surface area contributed by atoms with Crippen molar-refractivity contribution in [2.24, 2.45) is 5.92 Å². The Morgan fingerprint density at radius 3 is 2.72 bits per heavy atom. The lowest BCUT2D eigenvalue weighted by Crippen LogP contribution is -2.34. The van der Waals surface area contributed by atoms with Gasteiger partial charge in [-0.2, -0.15) is 0 Å². The van der Waals surface area contributed by atoms with Crippen molar-refractivity contribution in [1.82, 2.24) is 10.2 Å². The molecule has 0 amide bonds. The molecule has 1 fully saturated rings. The lowest BCUT2D eigenvalue weighted by molar-refractivity contribution is 0.189. The molecule has 1 aromatic rings. The van der Waals surface area contributed by atoms with Crippen molar-refractivity contribution < 1.29 is 0 Å². The summed E-state index contributed by atoms with van der Waals surface area (Å²) in [4.78, 5) is 2.55. The SMILES string of the molecule is CCNCC1CCCCN(C)C1c1ccccc1. The summed E-state index contributed by atoms with van der Waals surface area (Å²) in [5.41, 5.74) is 1.48. The van der Waals surface area contributed by atoms with Gasteiger partial charge in [-0.05, 0) is 51.0 Å². The van der Waals surface area contributed by atoms with Crippen molar-refractivity contribution in [2.75, 3.05) is 26.7 Å². The highest BCUT2D eigenvalue weighted by Gasteiger charge is 2.28. The van der Waals surface area contributed by atoms with Crippen LogP contribution < -0.4 is 5.32 Å². The van der Waals surface area contributed by atoms with Crippen LogP contribution in [0, 0.1) is 5.92 Å². The molecule has 2 atom stereocenters. The van der Waals surface area contributed by atoms with Crippen LogP contribution in [-0.4, -0.2) is 31.6 Å². The van der Waals surface area contributed by atoms with Crippen molar-refractivity contribution in [3.05, 3.63) is 35.9 Å². The summed E-state index contributed by atoms with van der Waals surface area (Å²) in [5.74, 6) is 0.736. The Bertz CT molecular complexity index is 336. The second-order valence-corrected chi connectivity index (χ2v) is 5.40. The minimum absolute atomic E-state index is 0.577. The predicted octanol–water partition coefficient (Wildman–Crippen LogP) is 3.07. The number of rotatable bonds is 4. The number of nitrogens with one attached hydrogen (secondary N) is 1. The summed E-state index contributed by atoms with van der Waals surface area (Å²) in [6.07, 6.45) is 4.04. The Balaban J connectivity index is 2.18. The second-order valence-electron chi connectivity index (χ2n) is 5.40. The second kappa shape index (κ2) is 6.91. The van der Waals surface area contributed by atoms with Crippen LogP contribution in [0.15, 0.2) is 30.3 Å². The first kappa shape index (κ1) is 13.6. The standard InChI is InChI=1S/C16H26N2/c1-3-17-13-15-11-7-8-12-18(2)16(15)14-9-5-4-6-10-14/h4-6,9-10,15-17H,3,7-8,11-13H2,1-2H3. The largest absolute Gasteiger partial charge is 0.317 e. The first-order valence-corrected chi connectivity index (χ1v) is 7.29. The maximum absolute atomic E-state index is 3.54. The lowest BCUT2D eigenvalue weighted by Gasteiger charge is -2.33. The molecule has 0 aliphatic carbocycles. The van der Waals surface area contributed by atoms with Gasteiger partial charge in [0.05, 0.1) is 0 Å². The van der Waals surface area contributed by atoms with E-state index in [0.29, 0.717) is 6.04 Å². The van der Waals surface area contributed by atoms with Crippen LogP contribution >= 0.6 is 0 Å². The van der Waals surface area contributed by atoms with E-state index < -0.39 is 0 Å². The molecule has 1 N–H and O–H groups in total. The molecule has 0 radical (unpaired) electrons. The number of likely N-dealkylation sites (tertiary alicyclic amines) is 1. The summed E-state index contributed by atoms with van der Waals surface area (Å²) in [6.45, 7) is 5.63. The Labute approximate surface area is 111 Å². The van der Waals surface area contributed by atoms with Crippen LogP contribution in [0.25, 0.3) is 0 Å². The summed E-state index contributed by atoms with van der Waals surface area (Å²) in [7, 11) is 2.28. The van der Waals surface area contributed by atoms with Gasteiger partial charge in [0.15, 0.2) is 0 Å². The van der Waals surface area contributed by atoms with Crippen molar-refractivity contribution >= 4 is 0 Å². The average molecular weight is 246 g/mol. The smallest absolute Gasteiger partial charge is 0.0385 e. The van der Waals surface area contributed by atoms with Gasteiger partial charge in [-0.25, -0.2) is 0 Å². The molecule has 0 saturated carbocycles. The van der Waals surface area contributed by atoms with Gasteiger partial charge in [-0.3, -0.25) is 4.90 Å². The van der Waals surface area contributed by atoms with E-state index in [1.165, 1.54) is 31.4 Å². The highest BCUT2D eigenvalue weighted by molar-refractivity contribution is 5.20. The van der Waals surface area contributed by atoms with Crippen LogP contribution in [0.5, 0.6) is 0 Å². The molecule has 1 aromatic carbocycles. The molecule has 1 aliphatic heterocycles. The number of benzene rings is 1. The summed E-state index contributed by atoms with van der Waals surface area (Å²) >= 11 is 0. The molecule has 2 unspecified atom stereocenters. The maximum Gasteiger partial charge on any atom is 0.0385 e. The topological polar surface area (TPSA) is 15.3 Å². The molecule has 2 nitrogen and oxygen atoms in total. The molecule has 100 valence electrons. The van der Waals surface area contributed by atoms with Crippen molar-refractivity contribution in [3.63, 3.8) is 0 Å². The fourth-order valence-corrected chi connectivity index (χ4v) is 3.14. The zero-order chi connectivity index (χ0) is 12.8. The number of hydrogen-bond acceptors (Lipinski definition) is 2. The maximum atomic E-state index is 3.54. The number of hydrogen-bond donors (Lipinski definition) is 1. The predicted molar refractivity (Wildman–Crippen MR) is 77.7 cm³/mol. The van der Waals surface area contributed by atoms with Crippen molar-refractivity contribution in [1.29, 1.82) is 0 Å². The Kier molecular flexibility index (Phi) is 5.21. The van der Waals surface area contributed by atoms with Gasteiger partial charge in [0.25, 0.3) is 0 Å². The quantitative estimate of drug-likeness (QED) is 0.878. The van der Waals surface area contributed by atoms with Crippen molar-refractivity contribution in [2.45, 2.75) is 32.2 Å². The molecular weight excluding hydrogens is 220 g/mol. The molecule has 0 spiro atoms. The molecule has 0 aromatic heterocycles. The van der Waals surface area contributed by atoms with Gasteiger partial charge >= 0.3 is 0 Å². The van der Waals surface area contributed by atoms with Crippen molar-refractivity contribution in [3.8, 4) is 0 Å². The normalized spacial score (nSPS) is 25.9. The Hall–Kier alpha value is -0.860. The van der Waals surface area contributed by atoms with E-state index in [4.69, 9.17) is 0 Å². The van der Waals surface area contributed by atoms with Gasteiger partial charge < -0.3 is 5.32 Å². The third-order valence-corrected chi connectivity index (χ3v) is 4.05. The van der Waals surface area contributed by atoms with E-state index in [2.05, 4.69) is 54.5 Å². The fraction of sp³-hybridized carbons (Fsp3) is 0.625. The first-order valence-electron chi connectivity index (χ1n) is 7.29. The summed E-state index contributed by atoms with van der Waals surface area (Å²) in [6, 6.07) is 11.6. The van der Waals surface area contributed by atoms with E-state index in [9.17, 15) is 0 Å². The molecule has 1 heterocycles. The fourth-order valence-electron chi connectivity index (χ4n) is 3.14. The summed E-state index contributed by atoms with van der Waals surface area (Å²) < 4.78 is 0. The number of nitrogens with zero attached hydrogens (tertiary/aromatic N) is 1. The van der Waals surface area contributed by atoms with Gasteiger partial charge in [0, 0.05) is 6.04 Å². The Morgan fingerprint density at radius 1 is 1.22 bits per heavy atom. The van der Waals surface area contributed by atoms with Crippen LogP contribution in [0.2, 0.25) is 0 Å². The van der Waals surface area contributed by atoms with Crippen LogP contribution in [-0.2, 0) is 0 Å². The van der Waals surface area contributed by atoms with Gasteiger partial charge in [-0.1, -0.05) is 43.7 Å². The third-order valence-electron chi connectivity index (χ3n) is 4.05. The van der Waals surface area contributed by atoms with E-state index in [1.807, 2.05) is 0 Å². The van der Waals surface area contributed by atoms with Crippen LogP contribution in [0.3, 0.4) is 0 Å².